The van der Waals surface area contributed by atoms with Crippen LogP contribution in [-0.4, -0.2) is 14.1 Å². The van der Waals surface area contributed by atoms with E-state index in [0.717, 1.165) is 10.6 Å². The Morgan fingerprint density at radius 3 is 1.60 bits per heavy atom. The molecule has 0 saturated heterocycles. The first-order valence-corrected chi connectivity index (χ1v) is 6.99. The predicted octanol–water partition coefficient (Wildman–Crippen LogP) is 2.70. The molecule has 0 aliphatic carbocycles. The minimum atomic E-state index is -1.90. The van der Waals surface area contributed by atoms with Gasteiger partial charge in [-0.1, -0.05) is 39.5 Å². The van der Waals surface area contributed by atoms with E-state index in [0.29, 0.717) is 11.8 Å². The van der Waals surface area contributed by atoms with Crippen LogP contribution in [0.15, 0.2) is 0 Å². The lowest BCUT2D eigenvalue weighted by Gasteiger charge is -2.20. The van der Waals surface area contributed by atoms with Crippen LogP contribution in [0.2, 0.25) is 10.6 Å². The molecule has 0 rings (SSSR count). The molecule has 0 N–H and O–H groups in total. The zero-order valence-corrected chi connectivity index (χ0v) is 9.10. The van der Waals surface area contributed by atoms with Crippen LogP contribution in [0.25, 0.3) is 0 Å². The van der Waals surface area contributed by atoms with Crippen molar-refractivity contribution in [2.24, 2.45) is 11.8 Å². The van der Waals surface area contributed by atoms with Crippen molar-refractivity contribution in [3.8, 4) is 0 Å². The van der Waals surface area contributed by atoms with E-state index in [1.54, 1.807) is 0 Å². The van der Waals surface area contributed by atoms with Crippen molar-refractivity contribution in [2.75, 3.05) is 0 Å². The van der Waals surface area contributed by atoms with Gasteiger partial charge in [0.15, 0.2) is 0 Å². The van der Waals surface area contributed by atoms with Crippen LogP contribution in [0.1, 0.15) is 29.1 Å². The minimum absolute atomic E-state index is 0. The summed E-state index contributed by atoms with van der Waals surface area (Å²) in [5.74, 6) is 1.27. The number of hydrogen-bond acceptors (Lipinski definition) is 1. The Balaban J connectivity index is 0. The lowest BCUT2D eigenvalue weighted by atomic mass is 10.3. The van der Waals surface area contributed by atoms with Crippen molar-refractivity contribution in [3.63, 3.8) is 0 Å². The van der Waals surface area contributed by atoms with Gasteiger partial charge in [-0.2, -0.15) is 0 Å². The summed E-state index contributed by atoms with van der Waals surface area (Å²) in [5.41, 5.74) is 0. The van der Waals surface area contributed by atoms with E-state index in [1.807, 2.05) is 0 Å². The largest absolute Gasteiger partial charge is 0.844 e. The smallest absolute Gasteiger partial charge is 0 e. The first kappa shape index (κ1) is 10.3. The highest BCUT2D eigenvalue weighted by molar-refractivity contribution is 6.42. The van der Waals surface area contributed by atoms with Crippen molar-refractivity contribution in [2.45, 2.75) is 38.3 Å². The molecule has 0 unspecified atom stereocenters. The molecule has 0 aromatic rings. The topological polar surface area (TPSA) is 17.1 Å². The fourth-order valence-corrected chi connectivity index (χ4v) is 4.22. The lowest BCUT2D eigenvalue weighted by molar-refractivity contribution is 0.535. The van der Waals surface area contributed by atoms with Gasteiger partial charge in [-0.3, -0.25) is 0 Å². The predicted molar refractivity (Wildman–Crippen MR) is 49.2 cm³/mol. The Hall–Kier alpha value is 0.332. The molecule has 0 aromatic heterocycles. The molecule has 0 bridgehead atoms. The van der Waals surface area contributed by atoms with Gasteiger partial charge >= 0.3 is 0 Å². The molecule has 0 aromatic carbocycles. The van der Waals surface area contributed by atoms with Crippen molar-refractivity contribution >= 4 is 14.1 Å². The third kappa shape index (κ3) is 6.45. The molecule has 2 heteroatoms. The summed E-state index contributed by atoms with van der Waals surface area (Å²) in [5, 5.41) is 2.01. The van der Waals surface area contributed by atoms with Gasteiger partial charge in [0.1, 0.15) is 0 Å². The van der Waals surface area contributed by atoms with Gasteiger partial charge < -0.3 is 3.80 Å². The average Bonchev–Trinajstić information content (AvgIpc) is 1.58. The fraction of sp³-hybridized carbons (Fsp3) is 1.00. The maximum absolute atomic E-state index is 11.3. The van der Waals surface area contributed by atoms with Crippen molar-refractivity contribution < 1.29 is 5.23 Å². The van der Waals surface area contributed by atoms with E-state index in [4.69, 9.17) is 0 Å². The quantitative estimate of drug-likeness (QED) is 0.578. The summed E-state index contributed by atoms with van der Waals surface area (Å²) in [4.78, 5) is 0. The van der Waals surface area contributed by atoms with E-state index < -0.39 is 14.1 Å². The van der Waals surface area contributed by atoms with Gasteiger partial charge in [0, 0.05) is 1.43 Å². The van der Waals surface area contributed by atoms with Crippen LogP contribution < -0.4 is 0 Å². The first-order valence-electron chi connectivity index (χ1n) is 4.41. The molecule has 1 nitrogen and oxygen atoms in total. The Morgan fingerprint density at radius 2 is 1.40 bits per heavy atom. The van der Waals surface area contributed by atoms with Gasteiger partial charge in [-0.05, 0) is 14.1 Å². The van der Waals surface area contributed by atoms with Gasteiger partial charge in [-0.25, -0.2) is 10.6 Å². The molecule has 0 aliphatic rings. The van der Waals surface area contributed by atoms with Gasteiger partial charge in [0.2, 0.25) is 0 Å². The molecule has 0 radical (unpaired) electrons. The van der Waals surface area contributed by atoms with Gasteiger partial charge in [0.05, 0.1) is 0 Å². The molecule has 10 heavy (non-hydrogen) atoms. The second-order valence-corrected chi connectivity index (χ2v) is 6.81. The average molecular weight is 160 g/mol. The van der Waals surface area contributed by atoms with Crippen LogP contribution >= 0.6 is 0 Å². The summed E-state index contributed by atoms with van der Waals surface area (Å²) >= 11 is -1.90. The Bertz CT molecular complexity index is 101. The molecule has 0 fully saturated rings. The Kier molecular flexibility index (Phi) is 5.21. The summed E-state index contributed by atoms with van der Waals surface area (Å²) < 4.78 is 11.3. The zero-order valence-electron chi connectivity index (χ0n) is 7.68. The highest BCUT2D eigenvalue weighted by Gasteiger charge is 1.91. The first-order chi connectivity index (χ1) is 4.52. The molecule has 0 amide bonds. The van der Waals surface area contributed by atoms with E-state index >= 15 is 0 Å². The van der Waals surface area contributed by atoms with Crippen LogP contribution in [0.4, 0.5) is 0 Å². The Morgan fingerprint density at radius 1 is 1.10 bits per heavy atom. The van der Waals surface area contributed by atoms with Crippen LogP contribution in [-0.2, 0) is 3.80 Å². The van der Waals surface area contributed by atoms with Crippen LogP contribution in [0.3, 0.4) is 0 Å². The molecular weight excluding hydrogens is 139 g/mol. The summed E-state index contributed by atoms with van der Waals surface area (Å²) in [6.45, 7) is 8.59. The molecule has 0 spiro atoms. The van der Waals surface area contributed by atoms with Crippen molar-refractivity contribution in [3.05, 3.63) is 0 Å². The van der Waals surface area contributed by atoms with Crippen molar-refractivity contribution in [1.82, 2.24) is 0 Å². The van der Waals surface area contributed by atoms with Gasteiger partial charge in [-0.15, -0.1) is 0 Å². The van der Waals surface area contributed by atoms with E-state index in [1.165, 1.54) is 0 Å². The summed E-state index contributed by atoms with van der Waals surface area (Å²) in [6.07, 6.45) is 0. The molecule has 0 atom stereocenters. The van der Waals surface area contributed by atoms with E-state index in [9.17, 15) is 3.80 Å². The summed E-state index contributed by atoms with van der Waals surface area (Å²) in [6, 6.07) is 0. The fourth-order valence-electron chi connectivity index (χ4n) is 1.41. The number of rotatable bonds is 4. The standard InChI is InChI=1S/2C4H9.Al.O.H2.H/c2*1-4(2)3;;;;/h2*4H,1H2,2-3H3;;;1H;/q;;-2;;;. The summed E-state index contributed by atoms with van der Waals surface area (Å²) in [7, 11) is 0. The third-order valence-electron chi connectivity index (χ3n) is 1.80. The maximum Gasteiger partial charge on any atom is 0 e. The molecular formula is C8H21AlO-2. The highest BCUT2D eigenvalue weighted by Crippen LogP contribution is 2.08. The van der Waals surface area contributed by atoms with E-state index in [-0.39, 0.29) is 1.43 Å². The minimum Gasteiger partial charge on any atom is -0.844 e. The second-order valence-electron chi connectivity index (χ2n) is 4.13. The van der Waals surface area contributed by atoms with Crippen LogP contribution in [0.5, 0.6) is 0 Å². The molecule has 0 heterocycles. The van der Waals surface area contributed by atoms with Gasteiger partial charge in [0.25, 0.3) is 0 Å². The normalized spacial score (nSPS) is 11.9. The van der Waals surface area contributed by atoms with Crippen LogP contribution in [0, 0.1) is 11.8 Å². The SMILES string of the molecule is CC(C)[CH2][AlH-2](=[O])[CH2]C(C)C.[HH]. The molecule has 64 valence electrons. The number of hydrogen-bond donors (Lipinski definition) is 0. The molecule has 0 saturated carbocycles. The molecule has 0 aliphatic heterocycles. The Labute approximate surface area is 69.9 Å². The highest BCUT2D eigenvalue weighted by atomic mass is 27.2. The van der Waals surface area contributed by atoms with Crippen molar-refractivity contribution in [1.29, 1.82) is 0 Å². The second kappa shape index (κ2) is 5.05. The zero-order chi connectivity index (χ0) is 8.15. The van der Waals surface area contributed by atoms with E-state index in [2.05, 4.69) is 27.7 Å². The monoisotopic (exact) mass is 160 g/mol. The maximum atomic E-state index is 11.3. The lowest BCUT2D eigenvalue weighted by Crippen LogP contribution is -2.06. The third-order valence-corrected chi connectivity index (χ3v) is 5.40.